The molecule has 0 radical (unpaired) electrons. The smallest absolute Gasteiger partial charge is 0.0951 e. The summed E-state index contributed by atoms with van der Waals surface area (Å²) in [7, 11) is 0. The summed E-state index contributed by atoms with van der Waals surface area (Å²) < 4.78 is 2.30. The molecule has 0 atom stereocenters. The second kappa shape index (κ2) is 2.84. The number of imidazole rings is 1. The third-order valence-electron chi connectivity index (χ3n) is 2.59. The van der Waals surface area contributed by atoms with Crippen LogP contribution in [-0.4, -0.2) is 22.6 Å². The summed E-state index contributed by atoms with van der Waals surface area (Å²) in [5.74, 6) is 0. The standard InChI is InChI=1S/C10H17N3/c1-10(2,3)9-6-12-7-13(9)8-4-11-5-8/h6-8,11H,4-5H2,1-3H3. The van der Waals surface area contributed by atoms with Crippen LogP contribution in [-0.2, 0) is 5.41 Å². The second-order valence-electron chi connectivity index (χ2n) is 4.75. The number of hydrogen-bond acceptors (Lipinski definition) is 2. The van der Waals surface area contributed by atoms with Gasteiger partial charge in [-0.1, -0.05) is 20.8 Å². The molecule has 2 rings (SSSR count). The summed E-state index contributed by atoms with van der Waals surface area (Å²) >= 11 is 0. The predicted octanol–water partition coefficient (Wildman–Crippen LogP) is 1.32. The topological polar surface area (TPSA) is 29.9 Å². The van der Waals surface area contributed by atoms with E-state index in [2.05, 4.69) is 35.6 Å². The van der Waals surface area contributed by atoms with E-state index >= 15 is 0 Å². The molecule has 3 nitrogen and oxygen atoms in total. The minimum atomic E-state index is 0.200. The Hall–Kier alpha value is -0.830. The van der Waals surface area contributed by atoms with Crippen LogP contribution in [0.15, 0.2) is 12.5 Å². The Morgan fingerprint density at radius 3 is 2.62 bits per heavy atom. The Morgan fingerprint density at radius 2 is 2.15 bits per heavy atom. The molecule has 0 aromatic carbocycles. The lowest BCUT2D eigenvalue weighted by Gasteiger charge is -2.32. The van der Waals surface area contributed by atoms with Gasteiger partial charge in [-0.25, -0.2) is 4.98 Å². The lowest BCUT2D eigenvalue weighted by atomic mass is 9.92. The van der Waals surface area contributed by atoms with E-state index in [1.54, 1.807) is 0 Å². The SMILES string of the molecule is CC(C)(C)c1cncn1C1CNC1. The highest BCUT2D eigenvalue weighted by Gasteiger charge is 2.25. The summed E-state index contributed by atoms with van der Waals surface area (Å²) in [6.07, 6.45) is 3.93. The van der Waals surface area contributed by atoms with Crippen LogP contribution in [0.4, 0.5) is 0 Å². The molecule has 1 aromatic heterocycles. The van der Waals surface area contributed by atoms with Crippen molar-refractivity contribution in [2.45, 2.75) is 32.2 Å². The van der Waals surface area contributed by atoms with Gasteiger partial charge in [-0.05, 0) is 0 Å². The molecule has 1 aromatic rings. The summed E-state index contributed by atoms with van der Waals surface area (Å²) in [6.45, 7) is 8.85. The van der Waals surface area contributed by atoms with E-state index in [9.17, 15) is 0 Å². The van der Waals surface area contributed by atoms with Crippen molar-refractivity contribution in [3.05, 3.63) is 18.2 Å². The van der Waals surface area contributed by atoms with Crippen LogP contribution in [0.1, 0.15) is 32.5 Å². The van der Waals surface area contributed by atoms with Crippen molar-refractivity contribution in [1.29, 1.82) is 0 Å². The summed E-state index contributed by atoms with van der Waals surface area (Å²) in [5.41, 5.74) is 1.53. The maximum absolute atomic E-state index is 4.23. The van der Waals surface area contributed by atoms with Gasteiger partial charge in [0.25, 0.3) is 0 Å². The quantitative estimate of drug-likeness (QED) is 0.704. The van der Waals surface area contributed by atoms with E-state index in [4.69, 9.17) is 0 Å². The number of aromatic nitrogens is 2. The van der Waals surface area contributed by atoms with Crippen molar-refractivity contribution in [3.8, 4) is 0 Å². The van der Waals surface area contributed by atoms with E-state index in [1.165, 1.54) is 5.69 Å². The van der Waals surface area contributed by atoms with Crippen LogP contribution >= 0.6 is 0 Å². The first kappa shape index (κ1) is 8.75. The maximum Gasteiger partial charge on any atom is 0.0951 e. The molecule has 0 saturated carbocycles. The largest absolute Gasteiger partial charge is 0.328 e. The molecule has 0 amide bonds. The first-order valence-corrected chi connectivity index (χ1v) is 4.82. The fourth-order valence-electron chi connectivity index (χ4n) is 1.65. The third kappa shape index (κ3) is 1.48. The molecule has 0 aliphatic carbocycles. The van der Waals surface area contributed by atoms with Crippen molar-refractivity contribution in [2.75, 3.05) is 13.1 Å². The molecule has 2 heterocycles. The number of nitrogens with one attached hydrogen (secondary N) is 1. The number of hydrogen-bond donors (Lipinski definition) is 1. The Kier molecular flexibility index (Phi) is 1.91. The Morgan fingerprint density at radius 1 is 1.46 bits per heavy atom. The van der Waals surface area contributed by atoms with Gasteiger partial charge in [-0.15, -0.1) is 0 Å². The summed E-state index contributed by atoms with van der Waals surface area (Å²) in [6, 6.07) is 0.622. The molecule has 0 unspecified atom stereocenters. The van der Waals surface area contributed by atoms with Gasteiger partial charge < -0.3 is 9.88 Å². The van der Waals surface area contributed by atoms with Gasteiger partial charge in [0.05, 0.1) is 12.4 Å². The maximum atomic E-state index is 4.23. The van der Waals surface area contributed by atoms with Crippen LogP contribution in [0.3, 0.4) is 0 Å². The van der Waals surface area contributed by atoms with Crippen molar-refractivity contribution >= 4 is 0 Å². The minimum absolute atomic E-state index is 0.200. The van der Waals surface area contributed by atoms with Gasteiger partial charge in [0.2, 0.25) is 0 Å². The second-order valence-corrected chi connectivity index (χ2v) is 4.75. The van der Waals surface area contributed by atoms with E-state index in [0.29, 0.717) is 6.04 Å². The Balaban J connectivity index is 2.30. The fraction of sp³-hybridized carbons (Fsp3) is 0.700. The fourth-order valence-corrected chi connectivity index (χ4v) is 1.65. The molecule has 0 bridgehead atoms. The average molecular weight is 179 g/mol. The zero-order valence-electron chi connectivity index (χ0n) is 8.54. The molecule has 1 N–H and O–H groups in total. The van der Waals surface area contributed by atoms with E-state index in [1.807, 2.05) is 12.5 Å². The van der Waals surface area contributed by atoms with Crippen molar-refractivity contribution in [1.82, 2.24) is 14.9 Å². The van der Waals surface area contributed by atoms with E-state index in [-0.39, 0.29) is 5.41 Å². The van der Waals surface area contributed by atoms with Gasteiger partial charge in [-0.3, -0.25) is 0 Å². The van der Waals surface area contributed by atoms with Crippen LogP contribution in [0.2, 0.25) is 0 Å². The summed E-state index contributed by atoms with van der Waals surface area (Å²) in [5, 5.41) is 3.28. The molecule has 72 valence electrons. The van der Waals surface area contributed by atoms with Crippen molar-refractivity contribution in [3.63, 3.8) is 0 Å². The molecule has 1 fully saturated rings. The molecule has 1 aliphatic rings. The van der Waals surface area contributed by atoms with Gasteiger partial charge in [0, 0.05) is 30.4 Å². The highest BCUT2D eigenvalue weighted by atomic mass is 15.2. The lowest BCUT2D eigenvalue weighted by Crippen LogP contribution is -2.44. The van der Waals surface area contributed by atoms with Crippen molar-refractivity contribution in [2.24, 2.45) is 0 Å². The molecule has 13 heavy (non-hydrogen) atoms. The summed E-state index contributed by atoms with van der Waals surface area (Å²) in [4.78, 5) is 4.23. The lowest BCUT2D eigenvalue weighted by molar-refractivity contribution is 0.323. The zero-order chi connectivity index (χ0) is 9.47. The van der Waals surface area contributed by atoms with Gasteiger partial charge in [0.15, 0.2) is 0 Å². The first-order valence-electron chi connectivity index (χ1n) is 4.82. The van der Waals surface area contributed by atoms with Gasteiger partial charge in [-0.2, -0.15) is 0 Å². The van der Waals surface area contributed by atoms with Crippen LogP contribution in [0.5, 0.6) is 0 Å². The predicted molar refractivity (Wildman–Crippen MR) is 52.8 cm³/mol. The normalized spacial score (nSPS) is 18.7. The van der Waals surface area contributed by atoms with E-state index < -0.39 is 0 Å². The van der Waals surface area contributed by atoms with Crippen LogP contribution in [0.25, 0.3) is 0 Å². The average Bonchev–Trinajstić information content (AvgIpc) is 2.29. The number of nitrogens with zero attached hydrogens (tertiary/aromatic N) is 2. The van der Waals surface area contributed by atoms with Gasteiger partial charge in [0.1, 0.15) is 0 Å². The molecule has 0 spiro atoms. The van der Waals surface area contributed by atoms with Crippen molar-refractivity contribution < 1.29 is 0 Å². The molecule has 3 heteroatoms. The van der Waals surface area contributed by atoms with Crippen LogP contribution < -0.4 is 5.32 Å². The number of rotatable bonds is 1. The monoisotopic (exact) mass is 179 g/mol. The highest BCUT2D eigenvalue weighted by Crippen LogP contribution is 2.25. The Bertz CT molecular complexity index is 291. The van der Waals surface area contributed by atoms with Crippen LogP contribution in [0, 0.1) is 0 Å². The highest BCUT2D eigenvalue weighted by molar-refractivity contribution is 5.12. The molecular formula is C10H17N3. The molecule has 1 saturated heterocycles. The minimum Gasteiger partial charge on any atom is -0.328 e. The Labute approximate surface area is 79.2 Å². The molecular weight excluding hydrogens is 162 g/mol. The van der Waals surface area contributed by atoms with Gasteiger partial charge >= 0.3 is 0 Å². The van der Waals surface area contributed by atoms with E-state index in [0.717, 1.165) is 13.1 Å². The third-order valence-corrected chi connectivity index (χ3v) is 2.59. The first-order chi connectivity index (χ1) is 6.09. The molecule has 1 aliphatic heterocycles. The zero-order valence-corrected chi connectivity index (χ0v) is 8.54.